The molecule has 0 unspecified atom stereocenters. The number of hydrogen-bond acceptors (Lipinski definition) is 8. The number of carbonyl (C=O) groups is 2. The van der Waals surface area contributed by atoms with Crippen LogP contribution in [0.1, 0.15) is 57.7 Å². The van der Waals surface area contributed by atoms with Gasteiger partial charge in [0.1, 0.15) is 23.6 Å². The largest absolute Gasteiger partial charge is 0.467 e. The number of ether oxygens (including phenoxy) is 3. The molecule has 0 radical (unpaired) electrons. The minimum atomic E-state index is -4.56. The van der Waals surface area contributed by atoms with Crippen molar-refractivity contribution in [2.75, 3.05) is 32.3 Å². The van der Waals surface area contributed by atoms with Gasteiger partial charge in [-0.15, -0.1) is 10.2 Å². The average molecular weight is 526 g/mol. The van der Waals surface area contributed by atoms with Crippen LogP contribution in [0.4, 0.5) is 23.9 Å². The molecule has 1 aromatic carbocycles. The molecule has 1 N–H and O–H groups in total. The Morgan fingerprint density at radius 2 is 1.86 bits per heavy atom. The van der Waals surface area contributed by atoms with E-state index < -0.39 is 29.3 Å². The zero-order chi connectivity index (χ0) is 27.4. The second kappa shape index (κ2) is 11.3. The van der Waals surface area contributed by atoms with Gasteiger partial charge >= 0.3 is 12.3 Å². The maximum atomic E-state index is 13.3. The Hall–Kier alpha value is -3.48. The van der Waals surface area contributed by atoms with Crippen molar-refractivity contribution < 1.29 is 37.0 Å². The molecule has 1 fully saturated rings. The van der Waals surface area contributed by atoms with E-state index >= 15 is 0 Å². The number of aromatic nitrogens is 3. The van der Waals surface area contributed by atoms with Gasteiger partial charge in [0.05, 0.1) is 11.3 Å². The Labute approximate surface area is 212 Å². The number of hydrogen-bond donors (Lipinski definition) is 1. The third-order valence-electron chi connectivity index (χ3n) is 5.08. The molecule has 0 bridgehead atoms. The Balaban J connectivity index is 1.84. The van der Waals surface area contributed by atoms with Gasteiger partial charge < -0.3 is 19.1 Å². The molecule has 1 aromatic heterocycles. The summed E-state index contributed by atoms with van der Waals surface area (Å²) in [5, 5.41) is 10.6. The molecule has 202 valence electrons. The summed E-state index contributed by atoms with van der Waals surface area (Å²) in [6.07, 6.45) is -3.63. The van der Waals surface area contributed by atoms with Gasteiger partial charge in [0.2, 0.25) is 11.9 Å². The van der Waals surface area contributed by atoms with E-state index in [1.165, 1.54) is 13.1 Å². The fourth-order valence-corrected chi connectivity index (χ4v) is 3.21. The molecule has 13 heteroatoms. The maximum Gasteiger partial charge on any atom is 0.416 e. The van der Waals surface area contributed by atoms with Crippen LogP contribution in [0.25, 0.3) is 11.3 Å². The number of nitrogens with one attached hydrogen (secondary N) is 1. The highest BCUT2D eigenvalue weighted by Gasteiger charge is 2.34. The van der Waals surface area contributed by atoms with Crippen molar-refractivity contribution >= 4 is 17.9 Å². The van der Waals surface area contributed by atoms with Gasteiger partial charge in [0, 0.05) is 25.1 Å². The first-order valence-corrected chi connectivity index (χ1v) is 11.7. The van der Waals surface area contributed by atoms with Gasteiger partial charge in [-0.05, 0) is 58.7 Å². The van der Waals surface area contributed by atoms with Gasteiger partial charge in [-0.2, -0.15) is 13.2 Å². The molecule has 1 aliphatic rings. The van der Waals surface area contributed by atoms with Crippen LogP contribution < -0.4 is 10.1 Å². The average Bonchev–Trinajstić information content (AvgIpc) is 3.63. The second-order valence-electron chi connectivity index (χ2n) is 9.49. The fraction of sp³-hybridized carbons (Fsp3) is 0.542. The highest BCUT2D eigenvalue weighted by Crippen LogP contribution is 2.45. The number of carbonyl (C=O) groups excluding carboxylic acids is 2. The number of halogens is 3. The summed E-state index contributed by atoms with van der Waals surface area (Å²) < 4.78 is 55.8. The van der Waals surface area contributed by atoms with Crippen LogP contribution in [0, 0.1) is 0 Å². The standard InChI is InChI=1S/C24H30F3N5O5/c1-6-35-13-36-17-11-15(24(25,26)27)9-10-16(17)20-19(14-7-8-14)29-21(31-30-20)28-18(33)12-32(5)22(34)37-23(2,3)4/h9-11,14H,6-8,12-13H2,1-5H3,(H,28,29,31,33). The Kier molecular flexibility index (Phi) is 8.57. The van der Waals surface area contributed by atoms with Crippen molar-refractivity contribution in [3.8, 4) is 17.0 Å². The van der Waals surface area contributed by atoms with E-state index in [0.29, 0.717) is 12.3 Å². The van der Waals surface area contributed by atoms with E-state index in [9.17, 15) is 22.8 Å². The molecule has 0 aliphatic heterocycles. The zero-order valence-corrected chi connectivity index (χ0v) is 21.3. The summed E-state index contributed by atoms with van der Waals surface area (Å²) in [7, 11) is 1.42. The Morgan fingerprint density at radius 3 is 2.46 bits per heavy atom. The number of benzene rings is 1. The van der Waals surface area contributed by atoms with Gasteiger partial charge in [0.15, 0.2) is 6.79 Å². The maximum absolute atomic E-state index is 13.3. The van der Waals surface area contributed by atoms with Crippen LogP contribution in [0.3, 0.4) is 0 Å². The fourth-order valence-electron chi connectivity index (χ4n) is 3.21. The summed E-state index contributed by atoms with van der Waals surface area (Å²) in [6, 6.07) is 3.08. The molecule has 1 aliphatic carbocycles. The molecule has 1 saturated carbocycles. The lowest BCUT2D eigenvalue weighted by molar-refractivity contribution is -0.137. The third-order valence-corrected chi connectivity index (χ3v) is 5.08. The quantitative estimate of drug-likeness (QED) is 0.373. The normalized spacial score (nSPS) is 13.7. The van der Waals surface area contributed by atoms with Gasteiger partial charge in [-0.3, -0.25) is 10.1 Å². The Bertz CT molecular complexity index is 1130. The third kappa shape index (κ3) is 8.00. The van der Waals surface area contributed by atoms with Crippen LogP contribution in [0.15, 0.2) is 18.2 Å². The first-order chi connectivity index (χ1) is 17.3. The van der Waals surface area contributed by atoms with Crippen molar-refractivity contribution in [1.29, 1.82) is 0 Å². The number of anilines is 1. The first-order valence-electron chi connectivity index (χ1n) is 11.7. The summed E-state index contributed by atoms with van der Waals surface area (Å²) in [4.78, 5) is 30.1. The molecular formula is C24H30F3N5O5. The summed E-state index contributed by atoms with van der Waals surface area (Å²) in [6.45, 7) is 6.63. The van der Waals surface area contributed by atoms with E-state index in [-0.39, 0.29) is 42.2 Å². The van der Waals surface area contributed by atoms with Crippen molar-refractivity contribution in [1.82, 2.24) is 20.1 Å². The monoisotopic (exact) mass is 525 g/mol. The lowest BCUT2D eigenvalue weighted by Crippen LogP contribution is -2.39. The minimum absolute atomic E-state index is 0.00706. The molecule has 3 rings (SSSR count). The van der Waals surface area contributed by atoms with Gasteiger partial charge in [0.25, 0.3) is 0 Å². The molecule has 0 atom stereocenters. The predicted octanol–water partition coefficient (Wildman–Crippen LogP) is 4.61. The number of rotatable bonds is 9. The number of nitrogens with zero attached hydrogens (tertiary/aromatic N) is 4. The van der Waals surface area contributed by atoms with E-state index in [4.69, 9.17) is 14.2 Å². The number of likely N-dealkylation sites (N-methyl/N-ethyl adjacent to an activating group) is 1. The molecule has 2 amide bonds. The molecule has 1 heterocycles. The van der Waals surface area contributed by atoms with Gasteiger partial charge in [-0.25, -0.2) is 9.78 Å². The molecule has 2 aromatic rings. The second-order valence-corrected chi connectivity index (χ2v) is 9.49. The van der Waals surface area contributed by atoms with E-state index in [0.717, 1.165) is 29.9 Å². The SMILES string of the molecule is CCOCOc1cc(C(F)(F)F)ccc1-c1nnc(NC(=O)CN(C)C(=O)OC(C)(C)C)nc1C1CC1. The van der Waals surface area contributed by atoms with Crippen LogP contribution >= 0.6 is 0 Å². The summed E-state index contributed by atoms with van der Waals surface area (Å²) in [5.74, 6) is -0.721. The highest BCUT2D eigenvalue weighted by atomic mass is 19.4. The van der Waals surface area contributed by atoms with Crippen LogP contribution in [-0.4, -0.2) is 64.7 Å². The molecule has 0 saturated heterocycles. The lowest BCUT2D eigenvalue weighted by Gasteiger charge is -2.24. The van der Waals surface area contributed by atoms with Crippen LogP contribution in [0.5, 0.6) is 5.75 Å². The smallest absolute Gasteiger partial charge is 0.416 e. The summed E-state index contributed by atoms with van der Waals surface area (Å²) in [5.41, 5.74) is -0.585. The van der Waals surface area contributed by atoms with Crippen molar-refractivity contribution in [3.05, 3.63) is 29.5 Å². The molecular weight excluding hydrogens is 495 g/mol. The van der Waals surface area contributed by atoms with E-state index in [1.54, 1.807) is 27.7 Å². The van der Waals surface area contributed by atoms with Crippen LogP contribution in [0.2, 0.25) is 0 Å². The molecule has 37 heavy (non-hydrogen) atoms. The molecule has 0 spiro atoms. The topological polar surface area (TPSA) is 116 Å². The first kappa shape index (κ1) is 28.1. The van der Waals surface area contributed by atoms with E-state index in [2.05, 4.69) is 20.5 Å². The van der Waals surface area contributed by atoms with Crippen LogP contribution in [-0.2, 0) is 20.4 Å². The highest BCUT2D eigenvalue weighted by molar-refractivity contribution is 5.92. The summed E-state index contributed by atoms with van der Waals surface area (Å²) >= 11 is 0. The van der Waals surface area contributed by atoms with Crippen molar-refractivity contribution in [2.24, 2.45) is 0 Å². The Morgan fingerprint density at radius 1 is 1.16 bits per heavy atom. The number of alkyl halides is 3. The predicted molar refractivity (Wildman–Crippen MR) is 127 cm³/mol. The lowest BCUT2D eigenvalue weighted by atomic mass is 10.0. The minimum Gasteiger partial charge on any atom is -0.467 e. The number of amides is 2. The van der Waals surface area contributed by atoms with Crippen molar-refractivity contribution in [2.45, 2.75) is 58.2 Å². The van der Waals surface area contributed by atoms with Crippen molar-refractivity contribution in [3.63, 3.8) is 0 Å². The molecule has 10 nitrogen and oxygen atoms in total. The van der Waals surface area contributed by atoms with E-state index in [1.807, 2.05) is 0 Å². The zero-order valence-electron chi connectivity index (χ0n) is 21.3. The van der Waals surface area contributed by atoms with Gasteiger partial charge in [-0.1, -0.05) is 0 Å².